The van der Waals surface area contributed by atoms with Crippen LogP contribution >= 0.6 is 0 Å². The number of nitrogens with one attached hydrogen (secondary N) is 1. The molecular formula is C12H9NO3. The fourth-order valence-electron chi connectivity index (χ4n) is 2.16. The van der Waals surface area contributed by atoms with Gasteiger partial charge in [-0.2, -0.15) is 0 Å². The Morgan fingerprint density at radius 2 is 2.12 bits per heavy atom. The first kappa shape index (κ1) is 9.15. The van der Waals surface area contributed by atoms with Crippen LogP contribution in [-0.2, 0) is 12.8 Å². The lowest BCUT2D eigenvalue weighted by molar-refractivity contribution is 0.0699. The third-order valence-electron chi connectivity index (χ3n) is 3.07. The molecule has 0 spiro atoms. The minimum absolute atomic E-state index is 0.0773. The molecule has 1 aliphatic rings. The third kappa shape index (κ3) is 1.04. The molecule has 0 atom stereocenters. The van der Waals surface area contributed by atoms with E-state index >= 15 is 0 Å². The smallest absolute Gasteiger partial charge is 0.336 e. The van der Waals surface area contributed by atoms with Gasteiger partial charge in [0, 0.05) is 11.3 Å². The predicted molar refractivity (Wildman–Crippen MR) is 58.9 cm³/mol. The maximum absolute atomic E-state index is 12.0. The summed E-state index contributed by atoms with van der Waals surface area (Å²) in [7, 11) is 0. The predicted octanol–water partition coefficient (Wildman–Crippen LogP) is 1.32. The second kappa shape index (κ2) is 2.95. The molecule has 0 aliphatic heterocycles. The van der Waals surface area contributed by atoms with Gasteiger partial charge in [-0.15, -0.1) is 0 Å². The molecule has 80 valence electrons. The summed E-state index contributed by atoms with van der Waals surface area (Å²) in [5, 5.41) is 9.33. The maximum Gasteiger partial charge on any atom is 0.336 e. The van der Waals surface area contributed by atoms with E-state index in [-0.39, 0.29) is 11.0 Å². The molecule has 0 saturated carbocycles. The first-order valence-corrected chi connectivity index (χ1v) is 5.08. The SMILES string of the molecule is O=C(O)c1cccc2[nH]c3c(c(=O)c12)CC3. The number of rotatable bonds is 1. The number of H-pyrrole nitrogens is 1. The molecule has 0 bridgehead atoms. The number of carbonyl (C=O) groups is 1. The number of aryl methyl sites for hydroxylation is 1. The molecule has 2 aromatic rings. The molecule has 0 amide bonds. The van der Waals surface area contributed by atoms with Crippen molar-refractivity contribution in [3.63, 3.8) is 0 Å². The van der Waals surface area contributed by atoms with Gasteiger partial charge in [0.15, 0.2) is 5.43 Å². The van der Waals surface area contributed by atoms with E-state index in [0.29, 0.717) is 10.9 Å². The fourth-order valence-corrected chi connectivity index (χ4v) is 2.16. The third-order valence-corrected chi connectivity index (χ3v) is 3.07. The van der Waals surface area contributed by atoms with Crippen molar-refractivity contribution in [2.75, 3.05) is 0 Å². The largest absolute Gasteiger partial charge is 0.478 e. The number of aromatic nitrogens is 1. The van der Waals surface area contributed by atoms with E-state index in [1.807, 2.05) is 0 Å². The molecular weight excluding hydrogens is 206 g/mol. The van der Waals surface area contributed by atoms with Crippen LogP contribution in [0.15, 0.2) is 23.0 Å². The maximum atomic E-state index is 12.0. The summed E-state index contributed by atoms with van der Waals surface area (Å²) in [4.78, 5) is 26.2. The molecule has 4 heteroatoms. The number of fused-ring (bicyclic) bond motifs is 2. The normalized spacial score (nSPS) is 13.2. The second-order valence-electron chi connectivity index (χ2n) is 3.94. The monoisotopic (exact) mass is 215 g/mol. The molecule has 0 fully saturated rings. The van der Waals surface area contributed by atoms with Gasteiger partial charge in [0.25, 0.3) is 0 Å². The van der Waals surface area contributed by atoms with Gasteiger partial charge in [-0.05, 0) is 25.0 Å². The van der Waals surface area contributed by atoms with Crippen molar-refractivity contribution < 1.29 is 9.90 Å². The Bertz CT molecular complexity index is 670. The molecule has 16 heavy (non-hydrogen) atoms. The van der Waals surface area contributed by atoms with Crippen LogP contribution in [0.3, 0.4) is 0 Å². The molecule has 0 unspecified atom stereocenters. The van der Waals surface area contributed by atoms with Crippen LogP contribution in [0, 0.1) is 0 Å². The number of carboxylic acid groups (broad SMARTS) is 1. The minimum atomic E-state index is -1.06. The lowest BCUT2D eigenvalue weighted by Gasteiger charge is -2.18. The Labute approximate surface area is 90.5 Å². The van der Waals surface area contributed by atoms with Crippen molar-refractivity contribution in [1.29, 1.82) is 0 Å². The van der Waals surface area contributed by atoms with Crippen LogP contribution in [0.1, 0.15) is 21.6 Å². The molecule has 0 saturated heterocycles. The van der Waals surface area contributed by atoms with E-state index in [0.717, 1.165) is 24.1 Å². The lowest BCUT2D eigenvalue weighted by atomic mass is 9.91. The van der Waals surface area contributed by atoms with E-state index in [1.165, 1.54) is 6.07 Å². The topological polar surface area (TPSA) is 70.2 Å². The fraction of sp³-hybridized carbons (Fsp3) is 0.167. The van der Waals surface area contributed by atoms with Crippen molar-refractivity contribution in [2.45, 2.75) is 12.8 Å². The molecule has 1 aromatic carbocycles. The summed E-state index contributed by atoms with van der Waals surface area (Å²) in [6, 6.07) is 4.85. The average Bonchev–Trinajstić information content (AvgIpc) is 2.22. The van der Waals surface area contributed by atoms with Crippen LogP contribution in [0.4, 0.5) is 0 Å². The number of hydrogen-bond donors (Lipinski definition) is 2. The molecule has 3 rings (SSSR count). The molecule has 2 N–H and O–H groups in total. The zero-order chi connectivity index (χ0) is 11.3. The van der Waals surface area contributed by atoms with E-state index in [9.17, 15) is 9.59 Å². The van der Waals surface area contributed by atoms with Crippen molar-refractivity contribution in [3.8, 4) is 0 Å². The first-order chi connectivity index (χ1) is 7.68. The zero-order valence-electron chi connectivity index (χ0n) is 8.41. The molecule has 1 aromatic heterocycles. The Kier molecular flexibility index (Phi) is 1.68. The van der Waals surface area contributed by atoms with Gasteiger partial charge in [-0.1, -0.05) is 6.07 Å². The molecule has 0 radical (unpaired) electrons. The Balaban J connectivity index is 2.52. The molecule has 1 aliphatic carbocycles. The van der Waals surface area contributed by atoms with Crippen LogP contribution in [-0.4, -0.2) is 16.1 Å². The highest BCUT2D eigenvalue weighted by Gasteiger charge is 2.22. The molecule has 4 nitrogen and oxygen atoms in total. The summed E-state index contributed by atoms with van der Waals surface area (Å²) in [6.07, 6.45) is 1.62. The van der Waals surface area contributed by atoms with Crippen molar-refractivity contribution in [2.24, 2.45) is 0 Å². The number of pyridine rings is 1. The van der Waals surface area contributed by atoms with E-state index < -0.39 is 5.97 Å². The van der Waals surface area contributed by atoms with Gasteiger partial charge in [0.2, 0.25) is 0 Å². The standard InChI is InChI=1S/C12H9NO3/c14-11-6-4-5-8(6)13-9-3-1-2-7(10(9)11)12(15)16/h1-3H,4-5H2,(H,13,14)(H,15,16). The minimum Gasteiger partial charge on any atom is -0.478 e. The summed E-state index contributed by atoms with van der Waals surface area (Å²) in [5.41, 5.74) is 2.24. The van der Waals surface area contributed by atoms with Crippen molar-refractivity contribution >= 4 is 16.9 Å². The highest BCUT2D eigenvalue weighted by molar-refractivity contribution is 6.02. The van der Waals surface area contributed by atoms with Crippen molar-refractivity contribution in [1.82, 2.24) is 4.98 Å². The average molecular weight is 215 g/mol. The van der Waals surface area contributed by atoms with Crippen LogP contribution in [0.5, 0.6) is 0 Å². The number of carboxylic acids is 1. The van der Waals surface area contributed by atoms with E-state index in [2.05, 4.69) is 4.98 Å². The summed E-state index contributed by atoms with van der Waals surface area (Å²) in [5.74, 6) is -1.06. The van der Waals surface area contributed by atoms with Gasteiger partial charge in [0.05, 0.1) is 16.5 Å². The Morgan fingerprint density at radius 1 is 1.31 bits per heavy atom. The second-order valence-corrected chi connectivity index (χ2v) is 3.94. The summed E-state index contributed by atoms with van der Waals surface area (Å²) < 4.78 is 0. The zero-order valence-corrected chi connectivity index (χ0v) is 8.41. The van der Waals surface area contributed by atoms with Gasteiger partial charge < -0.3 is 10.1 Å². The number of aromatic amines is 1. The van der Waals surface area contributed by atoms with Gasteiger partial charge in [-0.3, -0.25) is 4.79 Å². The van der Waals surface area contributed by atoms with Crippen LogP contribution in [0.2, 0.25) is 0 Å². The summed E-state index contributed by atoms with van der Waals surface area (Å²) >= 11 is 0. The van der Waals surface area contributed by atoms with E-state index in [1.54, 1.807) is 12.1 Å². The van der Waals surface area contributed by atoms with E-state index in [4.69, 9.17) is 5.11 Å². The van der Waals surface area contributed by atoms with Crippen molar-refractivity contribution in [3.05, 3.63) is 45.2 Å². The van der Waals surface area contributed by atoms with Gasteiger partial charge in [-0.25, -0.2) is 4.79 Å². The Hall–Kier alpha value is -2.10. The van der Waals surface area contributed by atoms with Gasteiger partial charge in [0.1, 0.15) is 0 Å². The number of benzene rings is 1. The quantitative estimate of drug-likeness (QED) is 0.753. The first-order valence-electron chi connectivity index (χ1n) is 5.08. The highest BCUT2D eigenvalue weighted by Crippen LogP contribution is 2.22. The van der Waals surface area contributed by atoms with Crippen LogP contribution < -0.4 is 5.43 Å². The van der Waals surface area contributed by atoms with Crippen LogP contribution in [0.25, 0.3) is 10.9 Å². The lowest BCUT2D eigenvalue weighted by Crippen LogP contribution is -2.24. The summed E-state index contributed by atoms with van der Waals surface area (Å²) in [6.45, 7) is 0. The van der Waals surface area contributed by atoms with Gasteiger partial charge >= 0.3 is 5.97 Å². The Morgan fingerprint density at radius 3 is 2.75 bits per heavy atom. The number of hydrogen-bond acceptors (Lipinski definition) is 2. The number of aromatic carboxylic acids is 1. The molecule has 1 heterocycles. The highest BCUT2D eigenvalue weighted by atomic mass is 16.4.